The Bertz CT molecular complexity index is 1160. The van der Waals surface area contributed by atoms with Crippen LogP contribution in [0.3, 0.4) is 0 Å². The minimum Gasteiger partial charge on any atom is -0.368 e. The molecule has 0 radical (unpaired) electrons. The van der Waals surface area contributed by atoms with Crippen molar-refractivity contribution in [2.75, 3.05) is 31.1 Å². The van der Waals surface area contributed by atoms with Gasteiger partial charge in [0.15, 0.2) is 0 Å². The van der Waals surface area contributed by atoms with Gasteiger partial charge in [-0.1, -0.05) is 15.9 Å². The van der Waals surface area contributed by atoms with Crippen LogP contribution >= 0.6 is 15.9 Å². The Morgan fingerprint density at radius 3 is 2.16 bits per heavy atom. The fourth-order valence-electron chi connectivity index (χ4n) is 3.66. The van der Waals surface area contributed by atoms with Crippen LogP contribution in [0, 0.1) is 21.4 Å². The van der Waals surface area contributed by atoms with Crippen LogP contribution in [0.2, 0.25) is 0 Å². The topological polar surface area (TPSA) is 95.4 Å². The van der Waals surface area contributed by atoms with E-state index in [1.807, 2.05) is 24.3 Å². The first-order chi connectivity index (χ1) is 15.0. The van der Waals surface area contributed by atoms with E-state index in [4.69, 9.17) is 0 Å². The van der Waals surface area contributed by atoms with E-state index in [9.17, 15) is 20.2 Å². The monoisotopic (exact) mass is 479 g/mol. The summed E-state index contributed by atoms with van der Waals surface area (Å²) in [5.74, 6) is -0.187. The van der Waals surface area contributed by atoms with Crippen LogP contribution in [-0.2, 0) is 0 Å². The molecular weight excluding hydrogens is 462 g/mol. The minimum absolute atomic E-state index is 0.0512. The van der Waals surface area contributed by atoms with E-state index in [2.05, 4.69) is 26.9 Å². The first-order valence-corrected chi connectivity index (χ1v) is 10.4. The highest BCUT2D eigenvalue weighted by molar-refractivity contribution is 9.10. The molecule has 1 amide bonds. The molecule has 2 aromatic carbocycles. The van der Waals surface area contributed by atoms with Crippen molar-refractivity contribution in [3.05, 3.63) is 86.6 Å². The zero-order valence-corrected chi connectivity index (χ0v) is 18.0. The van der Waals surface area contributed by atoms with Crippen molar-refractivity contribution >= 4 is 33.2 Å². The average Bonchev–Trinajstić information content (AvgIpc) is 3.23. The number of carbonyl (C=O) groups excluding carboxylic acids is 1. The molecule has 0 unspecified atom stereocenters. The average molecular weight is 480 g/mol. The summed E-state index contributed by atoms with van der Waals surface area (Å²) in [7, 11) is 0. The Hall–Kier alpha value is -3.64. The van der Waals surface area contributed by atoms with Gasteiger partial charge in [-0.05, 0) is 42.5 Å². The molecule has 0 atom stereocenters. The van der Waals surface area contributed by atoms with Gasteiger partial charge in [0, 0.05) is 60.4 Å². The quantitative estimate of drug-likeness (QED) is 0.416. The number of amides is 1. The highest BCUT2D eigenvalue weighted by Gasteiger charge is 2.27. The van der Waals surface area contributed by atoms with E-state index in [-0.39, 0.29) is 11.6 Å². The number of hydrogen-bond acceptors (Lipinski definition) is 5. The second kappa shape index (κ2) is 8.62. The van der Waals surface area contributed by atoms with Crippen molar-refractivity contribution in [3.63, 3.8) is 0 Å². The highest BCUT2D eigenvalue weighted by Crippen LogP contribution is 2.24. The van der Waals surface area contributed by atoms with Crippen LogP contribution < -0.4 is 4.90 Å². The lowest BCUT2D eigenvalue weighted by molar-refractivity contribution is -0.384. The minimum atomic E-state index is -0.423. The molecule has 1 saturated heterocycles. The van der Waals surface area contributed by atoms with Crippen molar-refractivity contribution in [3.8, 4) is 11.8 Å². The maximum atomic E-state index is 13.3. The number of rotatable bonds is 4. The molecule has 4 rings (SSSR count). The Morgan fingerprint density at radius 2 is 1.58 bits per heavy atom. The number of hydrogen-bond donors (Lipinski definition) is 0. The first-order valence-electron chi connectivity index (χ1n) is 9.64. The number of aromatic nitrogens is 1. The molecule has 0 aliphatic carbocycles. The molecule has 8 nitrogen and oxygen atoms in total. The van der Waals surface area contributed by atoms with Gasteiger partial charge in [-0.15, -0.1) is 0 Å². The predicted octanol–water partition coefficient (Wildman–Crippen LogP) is 3.98. The lowest BCUT2D eigenvalue weighted by Crippen LogP contribution is -2.49. The first kappa shape index (κ1) is 20.6. The number of anilines is 1. The van der Waals surface area contributed by atoms with Gasteiger partial charge in [-0.3, -0.25) is 14.9 Å². The van der Waals surface area contributed by atoms with Crippen LogP contribution in [0.5, 0.6) is 0 Å². The van der Waals surface area contributed by atoms with E-state index in [1.165, 1.54) is 12.1 Å². The van der Waals surface area contributed by atoms with E-state index < -0.39 is 4.92 Å². The SMILES string of the molecule is N#Cc1ccn(-c2ccc(Br)cc2)c1C(=O)N1CCN(c2ccc([N+](=O)[O-])cc2)CC1. The Morgan fingerprint density at radius 1 is 0.968 bits per heavy atom. The van der Waals surface area contributed by atoms with Crippen molar-refractivity contribution in [2.45, 2.75) is 0 Å². The molecule has 9 heteroatoms. The van der Waals surface area contributed by atoms with Gasteiger partial charge in [-0.25, -0.2) is 0 Å². The fourth-order valence-corrected chi connectivity index (χ4v) is 3.92. The molecule has 156 valence electrons. The van der Waals surface area contributed by atoms with Crippen molar-refractivity contribution < 1.29 is 9.72 Å². The second-order valence-corrected chi connectivity index (χ2v) is 8.00. The molecule has 1 aliphatic heterocycles. The Balaban J connectivity index is 1.51. The van der Waals surface area contributed by atoms with Gasteiger partial charge in [0.1, 0.15) is 11.8 Å². The molecule has 1 aliphatic rings. The maximum Gasteiger partial charge on any atom is 0.272 e. The zero-order valence-electron chi connectivity index (χ0n) is 16.4. The highest BCUT2D eigenvalue weighted by atomic mass is 79.9. The summed E-state index contributed by atoms with van der Waals surface area (Å²) in [6, 6.07) is 17.7. The third-order valence-corrected chi connectivity index (χ3v) is 5.84. The number of nitro benzene ring substituents is 1. The van der Waals surface area contributed by atoms with Crippen molar-refractivity contribution in [1.82, 2.24) is 9.47 Å². The molecule has 31 heavy (non-hydrogen) atoms. The lowest BCUT2D eigenvalue weighted by atomic mass is 10.2. The zero-order chi connectivity index (χ0) is 22.0. The van der Waals surface area contributed by atoms with Crippen LogP contribution in [0.4, 0.5) is 11.4 Å². The molecule has 0 spiro atoms. The summed E-state index contributed by atoms with van der Waals surface area (Å²) in [6.07, 6.45) is 1.74. The largest absolute Gasteiger partial charge is 0.368 e. The van der Waals surface area contributed by atoms with Crippen LogP contribution in [0.25, 0.3) is 5.69 Å². The summed E-state index contributed by atoms with van der Waals surface area (Å²) >= 11 is 3.41. The van der Waals surface area contributed by atoms with E-state index in [0.717, 1.165) is 15.8 Å². The number of halogens is 1. The third kappa shape index (κ3) is 4.15. The summed E-state index contributed by atoms with van der Waals surface area (Å²) in [6.45, 7) is 2.19. The summed E-state index contributed by atoms with van der Waals surface area (Å²) in [5, 5.41) is 20.4. The number of carbonyl (C=O) groups is 1. The lowest BCUT2D eigenvalue weighted by Gasteiger charge is -2.36. The van der Waals surface area contributed by atoms with Crippen molar-refractivity contribution in [1.29, 1.82) is 5.26 Å². The molecule has 0 N–H and O–H groups in total. The number of benzene rings is 2. The second-order valence-electron chi connectivity index (χ2n) is 7.09. The maximum absolute atomic E-state index is 13.3. The number of nitrogens with zero attached hydrogens (tertiary/aromatic N) is 5. The summed E-state index contributed by atoms with van der Waals surface area (Å²) in [4.78, 5) is 27.6. The van der Waals surface area contributed by atoms with Gasteiger partial charge in [0.2, 0.25) is 0 Å². The van der Waals surface area contributed by atoms with Crippen LogP contribution in [0.15, 0.2) is 65.3 Å². The smallest absolute Gasteiger partial charge is 0.272 e. The number of non-ortho nitro benzene ring substituents is 1. The van der Waals surface area contributed by atoms with E-state index in [1.54, 1.807) is 33.9 Å². The van der Waals surface area contributed by atoms with Gasteiger partial charge in [-0.2, -0.15) is 5.26 Å². The molecule has 3 aromatic rings. The molecule has 1 aromatic heterocycles. The van der Waals surface area contributed by atoms with Crippen molar-refractivity contribution in [2.24, 2.45) is 0 Å². The molecule has 0 saturated carbocycles. The standard InChI is InChI=1S/C22H18BrN5O3/c23-17-1-3-19(4-2-17)27-10-9-16(15-24)21(27)22(29)26-13-11-25(12-14-26)18-5-7-20(8-6-18)28(30)31/h1-10H,11-14H2. The van der Waals surface area contributed by atoms with Gasteiger partial charge >= 0.3 is 0 Å². The van der Waals surface area contributed by atoms with Gasteiger partial charge < -0.3 is 14.4 Å². The molecule has 2 heterocycles. The van der Waals surface area contributed by atoms with E-state index in [0.29, 0.717) is 37.4 Å². The molecular formula is C22H18BrN5O3. The fraction of sp³-hybridized carbons (Fsp3) is 0.182. The van der Waals surface area contributed by atoms with Gasteiger partial charge in [0.25, 0.3) is 11.6 Å². The Labute approximate surface area is 187 Å². The van der Waals surface area contributed by atoms with Crippen LogP contribution in [0.1, 0.15) is 16.1 Å². The normalized spacial score (nSPS) is 13.7. The number of nitro groups is 1. The third-order valence-electron chi connectivity index (χ3n) is 5.31. The predicted molar refractivity (Wildman–Crippen MR) is 119 cm³/mol. The van der Waals surface area contributed by atoms with E-state index >= 15 is 0 Å². The van der Waals surface area contributed by atoms with Gasteiger partial charge in [0.05, 0.1) is 10.5 Å². The Kier molecular flexibility index (Phi) is 5.73. The molecule has 0 bridgehead atoms. The summed E-state index contributed by atoms with van der Waals surface area (Å²) in [5.41, 5.74) is 2.43. The number of piperazine rings is 1. The summed E-state index contributed by atoms with van der Waals surface area (Å²) < 4.78 is 2.68. The number of nitriles is 1. The van der Waals surface area contributed by atoms with Crippen LogP contribution in [-0.4, -0.2) is 46.5 Å². The molecule has 1 fully saturated rings.